The van der Waals surface area contributed by atoms with Crippen molar-refractivity contribution in [1.29, 1.82) is 0 Å². The molecular formula is C17H26N2OS. The Balaban J connectivity index is 1.87. The van der Waals surface area contributed by atoms with Gasteiger partial charge < -0.3 is 11.1 Å². The molecule has 0 spiro atoms. The van der Waals surface area contributed by atoms with Gasteiger partial charge in [-0.15, -0.1) is 0 Å². The van der Waals surface area contributed by atoms with E-state index in [0.717, 1.165) is 56.3 Å². The number of carbonyl (C=O) groups is 1. The molecule has 1 saturated carbocycles. The molecule has 2 rings (SSSR count). The molecular weight excluding hydrogens is 280 g/mol. The average molecular weight is 306 g/mol. The minimum absolute atomic E-state index is 0.0382. The highest BCUT2D eigenvalue weighted by Crippen LogP contribution is 2.17. The summed E-state index contributed by atoms with van der Waals surface area (Å²) >= 11 is 4.22. The Morgan fingerprint density at radius 1 is 1.19 bits per heavy atom. The van der Waals surface area contributed by atoms with E-state index in [-0.39, 0.29) is 11.9 Å². The Morgan fingerprint density at radius 3 is 2.67 bits per heavy atom. The number of aryl methyl sites for hydroxylation is 1. The first-order valence-electron chi connectivity index (χ1n) is 7.95. The van der Waals surface area contributed by atoms with Gasteiger partial charge in [-0.3, -0.25) is 4.79 Å². The quantitative estimate of drug-likeness (QED) is 0.579. The number of thiol groups is 1. The van der Waals surface area contributed by atoms with Gasteiger partial charge in [-0.25, -0.2) is 0 Å². The van der Waals surface area contributed by atoms with Crippen molar-refractivity contribution in [2.75, 3.05) is 5.75 Å². The fourth-order valence-corrected chi connectivity index (χ4v) is 3.01. The molecule has 0 radical (unpaired) electrons. The number of rotatable bonds is 5. The molecule has 2 atom stereocenters. The molecule has 1 aromatic rings. The third kappa shape index (κ3) is 5.36. The minimum Gasteiger partial charge on any atom is -0.349 e. The Labute approximate surface area is 133 Å². The zero-order valence-electron chi connectivity index (χ0n) is 12.6. The highest BCUT2D eigenvalue weighted by atomic mass is 32.1. The lowest BCUT2D eigenvalue weighted by Gasteiger charge is -2.16. The minimum atomic E-state index is 0.0382. The van der Waals surface area contributed by atoms with Gasteiger partial charge in [-0.2, -0.15) is 12.6 Å². The number of nitrogens with two attached hydrogens (primary N) is 1. The molecule has 2 unspecified atom stereocenters. The maximum Gasteiger partial charge on any atom is 0.251 e. The Bertz CT molecular complexity index is 447. The maximum atomic E-state index is 12.3. The lowest BCUT2D eigenvalue weighted by Crippen LogP contribution is -2.34. The van der Waals surface area contributed by atoms with E-state index >= 15 is 0 Å². The number of hydrogen-bond donors (Lipinski definition) is 3. The van der Waals surface area contributed by atoms with Gasteiger partial charge in [0, 0.05) is 17.6 Å². The second-order valence-electron chi connectivity index (χ2n) is 5.96. The van der Waals surface area contributed by atoms with Crippen LogP contribution in [-0.4, -0.2) is 23.7 Å². The monoisotopic (exact) mass is 306 g/mol. The van der Waals surface area contributed by atoms with Crippen molar-refractivity contribution in [2.45, 2.75) is 57.0 Å². The second kappa shape index (κ2) is 8.44. The first-order chi connectivity index (χ1) is 10.2. The summed E-state index contributed by atoms with van der Waals surface area (Å²) in [5.74, 6) is 0.933. The predicted molar refractivity (Wildman–Crippen MR) is 90.9 cm³/mol. The van der Waals surface area contributed by atoms with Crippen LogP contribution in [0.2, 0.25) is 0 Å². The smallest absolute Gasteiger partial charge is 0.251 e. The fourth-order valence-electron chi connectivity index (χ4n) is 2.85. The molecule has 0 heterocycles. The van der Waals surface area contributed by atoms with E-state index < -0.39 is 0 Å². The molecule has 0 aromatic heterocycles. The Hall–Kier alpha value is -1.00. The summed E-state index contributed by atoms with van der Waals surface area (Å²) in [5.41, 5.74) is 7.99. The van der Waals surface area contributed by atoms with Crippen molar-refractivity contribution in [3.8, 4) is 0 Å². The molecule has 1 amide bonds. The highest BCUT2D eigenvalue weighted by Gasteiger charge is 2.18. The van der Waals surface area contributed by atoms with Gasteiger partial charge in [-0.1, -0.05) is 12.1 Å². The zero-order chi connectivity index (χ0) is 15.1. The molecule has 1 aliphatic carbocycles. The van der Waals surface area contributed by atoms with E-state index in [1.165, 1.54) is 5.56 Å². The molecule has 1 aliphatic rings. The van der Waals surface area contributed by atoms with E-state index in [0.29, 0.717) is 6.04 Å². The molecule has 3 nitrogen and oxygen atoms in total. The molecule has 116 valence electrons. The van der Waals surface area contributed by atoms with Crippen molar-refractivity contribution >= 4 is 18.5 Å². The summed E-state index contributed by atoms with van der Waals surface area (Å²) < 4.78 is 0. The van der Waals surface area contributed by atoms with E-state index in [4.69, 9.17) is 5.73 Å². The molecule has 1 aromatic carbocycles. The number of nitrogens with one attached hydrogen (secondary N) is 1. The molecule has 1 fully saturated rings. The third-order valence-electron chi connectivity index (χ3n) is 4.19. The zero-order valence-corrected chi connectivity index (χ0v) is 13.4. The van der Waals surface area contributed by atoms with Gasteiger partial charge in [0.2, 0.25) is 0 Å². The molecule has 21 heavy (non-hydrogen) atoms. The van der Waals surface area contributed by atoms with Gasteiger partial charge in [0.05, 0.1) is 0 Å². The largest absolute Gasteiger partial charge is 0.349 e. The van der Waals surface area contributed by atoms with Crippen LogP contribution in [0.25, 0.3) is 0 Å². The summed E-state index contributed by atoms with van der Waals surface area (Å²) in [5, 5.41) is 3.15. The summed E-state index contributed by atoms with van der Waals surface area (Å²) in [6.45, 7) is 0. The first kappa shape index (κ1) is 16.4. The van der Waals surface area contributed by atoms with Gasteiger partial charge >= 0.3 is 0 Å². The first-order valence-corrected chi connectivity index (χ1v) is 8.58. The molecule has 0 bridgehead atoms. The molecule has 0 aliphatic heterocycles. The second-order valence-corrected chi connectivity index (χ2v) is 6.41. The molecule has 3 N–H and O–H groups in total. The van der Waals surface area contributed by atoms with Crippen molar-refractivity contribution in [3.63, 3.8) is 0 Å². The van der Waals surface area contributed by atoms with Gasteiger partial charge in [0.1, 0.15) is 0 Å². The lowest BCUT2D eigenvalue weighted by atomic mass is 10.1. The van der Waals surface area contributed by atoms with E-state index in [1.54, 1.807) is 0 Å². The Morgan fingerprint density at radius 2 is 1.95 bits per heavy atom. The van der Waals surface area contributed by atoms with Crippen LogP contribution in [0.15, 0.2) is 24.3 Å². The van der Waals surface area contributed by atoms with Crippen LogP contribution in [0.4, 0.5) is 0 Å². The normalized spacial score (nSPS) is 22.6. The van der Waals surface area contributed by atoms with E-state index in [9.17, 15) is 4.79 Å². The van der Waals surface area contributed by atoms with Crippen LogP contribution in [-0.2, 0) is 6.42 Å². The van der Waals surface area contributed by atoms with E-state index in [2.05, 4.69) is 17.9 Å². The van der Waals surface area contributed by atoms with Crippen LogP contribution in [0.1, 0.15) is 54.4 Å². The fraction of sp³-hybridized carbons (Fsp3) is 0.588. The molecule has 0 saturated heterocycles. The standard InChI is InChI=1S/C17H26N2OS/c18-15-4-1-5-16(11-10-15)19-17(20)14-8-6-13(7-9-14)3-2-12-21/h6-9,15-16,21H,1-5,10-12,18H2,(H,19,20). The third-order valence-corrected chi connectivity index (χ3v) is 4.50. The topological polar surface area (TPSA) is 55.1 Å². The maximum absolute atomic E-state index is 12.3. The van der Waals surface area contributed by atoms with Crippen LogP contribution in [0.5, 0.6) is 0 Å². The van der Waals surface area contributed by atoms with Crippen molar-refractivity contribution in [2.24, 2.45) is 5.73 Å². The number of carbonyl (C=O) groups excluding carboxylic acids is 1. The van der Waals surface area contributed by atoms with Crippen molar-refractivity contribution in [1.82, 2.24) is 5.32 Å². The van der Waals surface area contributed by atoms with Crippen LogP contribution in [0, 0.1) is 0 Å². The van der Waals surface area contributed by atoms with Crippen molar-refractivity contribution in [3.05, 3.63) is 35.4 Å². The summed E-state index contributed by atoms with van der Waals surface area (Å²) in [4.78, 5) is 12.3. The Kier molecular flexibility index (Phi) is 6.58. The van der Waals surface area contributed by atoms with Crippen LogP contribution >= 0.6 is 12.6 Å². The molecule has 4 heteroatoms. The SMILES string of the molecule is NC1CCCC(NC(=O)c2ccc(CCCS)cc2)CC1. The predicted octanol–water partition coefficient (Wildman–Crippen LogP) is 2.94. The lowest BCUT2D eigenvalue weighted by molar-refractivity contribution is 0.0933. The average Bonchev–Trinajstić information content (AvgIpc) is 2.70. The highest BCUT2D eigenvalue weighted by molar-refractivity contribution is 7.80. The summed E-state index contributed by atoms with van der Waals surface area (Å²) in [6, 6.07) is 8.51. The van der Waals surface area contributed by atoms with Gasteiger partial charge in [0.15, 0.2) is 0 Å². The van der Waals surface area contributed by atoms with Crippen LogP contribution < -0.4 is 11.1 Å². The van der Waals surface area contributed by atoms with Gasteiger partial charge in [0.25, 0.3) is 5.91 Å². The van der Waals surface area contributed by atoms with E-state index in [1.807, 2.05) is 24.3 Å². The summed E-state index contributed by atoms with van der Waals surface area (Å²) in [7, 11) is 0. The number of amides is 1. The van der Waals surface area contributed by atoms with Gasteiger partial charge in [-0.05, 0) is 68.4 Å². The van der Waals surface area contributed by atoms with Crippen molar-refractivity contribution < 1.29 is 4.79 Å². The summed E-state index contributed by atoms with van der Waals surface area (Å²) in [6.07, 6.45) is 7.31. The van der Waals surface area contributed by atoms with Crippen LogP contribution in [0.3, 0.4) is 0 Å². The number of benzene rings is 1. The number of hydrogen-bond acceptors (Lipinski definition) is 3.